The van der Waals surface area contributed by atoms with Crippen molar-refractivity contribution in [3.05, 3.63) is 107 Å². The largest absolute Gasteiger partial charge is 0.416 e. The van der Waals surface area contributed by atoms with Crippen LogP contribution in [0.15, 0.2) is 67.6 Å². The van der Waals surface area contributed by atoms with Crippen LogP contribution in [0.4, 0.5) is 18.9 Å². The molecule has 47 heavy (non-hydrogen) atoms. The van der Waals surface area contributed by atoms with Gasteiger partial charge in [0.05, 0.1) is 30.5 Å². The Labute approximate surface area is 273 Å². The molecule has 1 amide bonds. The van der Waals surface area contributed by atoms with E-state index in [1.165, 1.54) is 37.2 Å². The van der Waals surface area contributed by atoms with E-state index in [4.69, 9.17) is 0 Å². The molecular formula is C35H42F3N7O2. The van der Waals surface area contributed by atoms with Gasteiger partial charge in [0.1, 0.15) is 12.2 Å². The predicted molar refractivity (Wildman–Crippen MR) is 175 cm³/mol. The van der Waals surface area contributed by atoms with Gasteiger partial charge in [0.2, 0.25) is 0 Å². The molecule has 250 valence electrons. The van der Waals surface area contributed by atoms with E-state index in [0.29, 0.717) is 24.3 Å². The van der Waals surface area contributed by atoms with E-state index in [-0.39, 0.29) is 30.0 Å². The van der Waals surface area contributed by atoms with Gasteiger partial charge in [-0.2, -0.15) is 18.3 Å². The molecular weight excluding hydrogens is 607 g/mol. The number of hydrogen-bond donors (Lipinski definition) is 1. The maximum absolute atomic E-state index is 13.8. The molecule has 0 atom stereocenters. The Morgan fingerprint density at radius 2 is 1.83 bits per heavy atom. The number of anilines is 1. The third kappa shape index (κ3) is 8.62. The summed E-state index contributed by atoms with van der Waals surface area (Å²) in [6.45, 7) is 10.1. The van der Waals surface area contributed by atoms with E-state index in [9.17, 15) is 22.8 Å². The molecule has 4 heterocycles. The maximum Gasteiger partial charge on any atom is 0.416 e. The lowest BCUT2D eigenvalue weighted by Crippen LogP contribution is -2.22. The number of benzene rings is 2. The Morgan fingerprint density at radius 1 is 1.13 bits per heavy atom. The zero-order chi connectivity index (χ0) is 34.1. The number of carbonyl (C=O) groups is 2. The molecule has 9 nitrogen and oxygen atoms in total. The summed E-state index contributed by atoms with van der Waals surface area (Å²) >= 11 is 0. The summed E-state index contributed by atoms with van der Waals surface area (Å²) < 4.78 is 45.2. The van der Waals surface area contributed by atoms with Crippen LogP contribution in [0.2, 0.25) is 0 Å². The highest BCUT2D eigenvalue weighted by atomic mass is 19.4. The molecule has 2 aromatic carbocycles. The first-order valence-corrected chi connectivity index (χ1v) is 15.8. The van der Waals surface area contributed by atoms with Crippen LogP contribution < -0.4 is 10.2 Å². The number of aromatic nitrogens is 5. The number of aryl methyl sites for hydroxylation is 1. The third-order valence-electron chi connectivity index (χ3n) is 8.24. The lowest BCUT2D eigenvalue weighted by molar-refractivity contribution is -0.138. The van der Waals surface area contributed by atoms with Gasteiger partial charge in [0, 0.05) is 43.4 Å². The number of fused-ring (bicyclic) bond motifs is 2. The number of nitrogens with one attached hydrogen (secondary N) is 1. The minimum atomic E-state index is -4.54. The molecule has 0 spiro atoms. The van der Waals surface area contributed by atoms with Gasteiger partial charge >= 0.3 is 6.18 Å². The van der Waals surface area contributed by atoms with E-state index >= 15 is 0 Å². The number of rotatable bonds is 6. The van der Waals surface area contributed by atoms with Gasteiger partial charge in [-0.15, -0.1) is 10.2 Å². The summed E-state index contributed by atoms with van der Waals surface area (Å²) in [4.78, 5) is 24.0. The van der Waals surface area contributed by atoms with Gasteiger partial charge in [-0.25, -0.2) is 0 Å². The van der Waals surface area contributed by atoms with Crippen molar-refractivity contribution in [3.63, 3.8) is 0 Å². The van der Waals surface area contributed by atoms with Gasteiger partial charge in [-0.1, -0.05) is 57.9 Å². The molecule has 0 saturated heterocycles. The molecule has 3 aliphatic rings. The first kappa shape index (κ1) is 35.3. The Bertz CT molecular complexity index is 1670. The molecule has 0 unspecified atom stereocenters. The summed E-state index contributed by atoms with van der Waals surface area (Å²) in [5.74, 6) is 1.63. The molecule has 1 N–H and O–H groups in total. The molecule has 7 rings (SSSR count). The Hall–Kier alpha value is -4.58. The average molecular weight is 650 g/mol. The normalized spacial score (nSPS) is 14.8. The second kappa shape index (κ2) is 15.8. The van der Waals surface area contributed by atoms with Crippen molar-refractivity contribution in [2.45, 2.75) is 78.8 Å². The lowest BCUT2D eigenvalue weighted by atomic mass is 9.83. The van der Waals surface area contributed by atoms with E-state index in [2.05, 4.69) is 27.2 Å². The van der Waals surface area contributed by atoms with Gasteiger partial charge in [0.15, 0.2) is 5.78 Å². The van der Waals surface area contributed by atoms with Crippen LogP contribution in [0.5, 0.6) is 0 Å². The second-order valence-corrected chi connectivity index (χ2v) is 11.4. The van der Waals surface area contributed by atoms with Gasteiger partial charge < -0.3 is 14.8 Å². The van der Waals surface area contributed by atoms with Crippen LogP contribution in [0.1, 0.15) is 84.2 Å². The first-order valence-electron chi connectivity index (χ1n) is 15.8. The highest BCUT2D eigenvalue weighted by molar-refractivity contribution is 6.10. The third-order valence-corrected chi connectivity index (χ3v) is 8.24. The number of alkyl halides is 3. The van der Waals surface area contributed by atoms with Crippen molar-refractivity contribution in [3.8, 4) is 0 Å². The molecule has 1 fully saturated rings. The van der Waals surface area contributed by atoms with Crippen LogP contribution >= 0.6 is 0 Å². The summed E-state index contributed by atoms with van der Waals surface area (Å²) in [6.07, 6.45) is 5.53. The Balaban J connectivity index is 0.000000228. The molecule has 0 bridgehead atoms. The fourth-order valence-electron chi connectivity index (χ4n) is 5.50. The highest BCUT2D eigenvalue weighted by Gasteiger charge is 2.40. The first-order chi connectivity index (χ1) is 22.5. The van der Waals surface area contributed by atoms with Crippen LogP contribution in [0.3, 0.4) is 0 Å². The topological polar surface area (TPSA) is 97.9 Å². The van der Waals surface area contributed by atoms with E-state index in [1.807, 2.05) is 25.5 Å². The monoisotopic (exact) mass is 649 g/mol. The quantitative estimate of drug-likeness (QED) is 0.235. The average Bonchev–Trinajstić information content (AvgIpc) is 3.83. The molecule has 2 aliphatic heterocycles. The molecule has 0 radical (unpaired) electrons. The van der Waals surface area contributed by atoms with Crippen LogP contribution in [0.25, 0.3) is 0 Å². The zero-order valence-electron chi connectivity index (χ0n) is 27.3. The van der Waals surface area contributed by atoms with Crippen LogP contribution in [-0.4, -0.2) is 36.2 Å². The molecule has 2 aromatic heterocycles. The van der Waals surface area contributed by atoms with E-state index in [0.717, 1.165) is 35.5 Å². The number of allylic oxidation sites excluding steroid dienone is 1. The maximum atomic E-state index is 13.8. The number of halogens is 3. The van der Waals surface area contributed by atoms with Crippen molar-refractivity contribution >= 4 is 17.4 Å². The van der Waals surface area contributed by atoms with Gasteiger partial charge in [0.25, 0.3) is 5.91 Å². The van der Waals surface area contributed by atoms with Crippen molar-refractivity contribution in [2.24, 2.45) is 13.0 Å². The fourth-order valence-corrected chi connectivity index (χ4v) is 5.50. The van der Waals surface area contributed by atoms with Crippen molar-refractivity contribution in [1.29, 1.82) is 0 Å². The van der Waals surface area contributed by atoms with Crippen molar-refractivity contribution < 1.29 is 22.8 Å². The fraction of sp³-hybridized carbons (Fsp3) is 0.400. The predicted octanol–water partition coefficient (Wildman–Crippen LogP) is 6.66. The number of ketones is 1. The minimum absolute atomic E-state index is 0.0185. The Kier molecular flexibility index (Phi) is 11.9. The van der Waals surface area contributed by atoms with E-state index in [1.54, 1.807) is 53.6 Å². The van der Waals surface area contributed by atoms with E-state index < -0.39 is 17.6 Å². The van der Waals surface area contributed by atoms with Crippen LogP contribution in [0, 0.1) is 5.92 Å². The van der Waals surface area contributed by atoms with Gasteiger partial charge in [-0.05, 0) is 54.3 Å². The molecule has 1 aliphatic carbocycles. The van der Waals surface area contributed by atoms with Crippen LogP contribution in [-0.2, 0) is 50.6 Å². The lowest BCUT2D eigenvalue weighted by Gasteiger charge is -2.24. The number of nitrogens with zero attached hydrogens (tertiary/aromatic N) is 6. The summed E-state index contributed by atoms with van der Waals surface area (Å²) in [5, 5.41) is 15.4. The van der Waals surface area contributed by atoms with Crippen molar-refractivity contribution in [1.82, 2.24) is 29.9 Å². The Morgan fingerprint density at radius 3 is 2.40 bits per heavy atom. The number of para-hydroxylation sites is 1. The molecule has 12 heteroatoms. The standard InChI is InChI=1S/C21H17F3N4O.C8H13N3.C4H6O.C2H6/c22-21(23,24)18-7-13(11-28-19-10-25-8-14(19)9-26-28)6-16-17(18)12-27(20(16)29)15-4-2-1-3-5-15;1-11-6-9-10-8(11)5-7-3-2-4-7;1-3-4(2)5;1-2/h1-7,9,25H,8,10-12H2;6-7H,2-5H2,1H3;3H,1H2,2H3;1-2H3. The smallest absolute Gasteiger partial charge is 0.321 e. The number of hydrogen-bond acceptors (Lipinski definition) is 6. The summed E-state index contributed by atoms with van der Waals surface area (Å²) in [5.41, 5.74) is 2.41. The highest BCUT2D eigenvalue weighted by Crippen LogP contribution is 2.39. The number of amides is 1. The molecule has 4 aromatic rings. The molecule has 1 saturated carbocycles. The summed E-state index contributed by atoms with van der Waals surface area (Å²) in [7, 11) is 2.01. The van der Waals surface area contributed by atoms with Crippen molar-refractivity contribution in [2.75, 3.05) is 4.90 Å². The second-order valence-electron chi connectivity index (χ2n) is 11.4. The zero-order valence-corrected chi connectivity index (χ0v) is 27.3. The SMILES string of the molecule is C=CC(C)=O.CC.Cn1cnnc1CC1CCC1.O=C1c2cc(Cn3ncc4c3CNC4)cc(C(F)(F)F)c2CN1c1ccccc1. The minimum Gasteiger partial charge on any atom is -0.321 e. The summed E-state index contributed by atoms with van der Waals surface area (Å²) in [6, 6.07) is 11.5. The number of carbonyl (C=O) groups excluding carboxylic acids is 2. The van der Waals surface area contributed by atoms with Gasteiger partial charge in [-0.3, -0.25) is 14.3 Å².